The predicted octanol–water partition coefficient (Wildman–Crippen LogP) is 17.0. The van der Waals surface area contributed by atoms with E-state index in [1.807, 2.05) is 11.8 Å². The van der Waals surface area contributed by atoms with Crippen molar-refractivity contribution in [3.8, 4) is 5.75 Å². The molecule has 1 aromatic carbocycles. The second-order valence-electron chi connectivity index (χ2n) is 17.1. The molecule has 0 radical (unpaired) electrons. The molecule has 0 fully saturated rings. The van der Waals surface area contributed by atoms with Gasteiger partial charge in [0.05, 0.1) is 6.61 Å². The SMILES string of the molecule is CCCCCCCCCCCCCCCCCCOCc1cc(CSCCCCCCCCCCCCCCCCCC)c(O)c(C(C)(C)C)c1. The van der Waals surface area contributed by atoms with Crippen LogP contribution in [-0.2, 0) is 22.5 Å². The highest BCUT2D eigenvalue weighted by atomic mass is 32.2. The van der Waals surface area contributed by atoms with Gasteiger partial charge < -0.3 is 9.84 Å². The van der Waals surface area contributed by atoms with Gasteiger partial charge in [0.1, 0.15) is 5.75 Å². The summed E-state index contributed by atoms with van der Waals surface area (Å²) < 4.78 is 6.15. The minimum atomic E-state index is -0.0821. The fourth-order valence-corrected chi connectivity index (χ4v) is 8.39. The maximum atomic E-state index is 11.2. The predicted molar refractivity (Wildman–Crippen MR) is 232 cm³/mol. The number of ether oxygens (including phenoxy) is 1. The van der Waals surface area contributed by atoms with Crippen molar-refractivity contribution < 1.29 is 9.84 Å². The third-order valence-corrected chi connectivity index (χ3v) is 12.0. The van der Waals surface area contributed by atoms with Gasteiger partial charge in [0.15, 0.2) is 0 Å². The highest BCUT2D eigenvalue weighted by Gasteiger charge is 2.21. The Balaban J connectivity index is 2.10. The van der Waals surface area contributed by atoms with Crippen molar-refractivity contribution in [2.75, 3.05) is 12.4 Å². The molecule has 1 N–H and O–H groups in total. The topological polar surface area (TPSA) is 29.5 Å². The van der Waals surface area contributed by atoms with Gasteiger partial charge in [-0.3, -0.25) is 0 Å². The highest BCUT2D eigenvalue weighted by Crippen LogP contribution is 2.36. The van der Waals surface area contributed by atoms with Crippen molar-refractivity contribution >= 4 is 11.8 Å². The van der Waals surface area contributed by atoms with Crippen LogP contribution < -0.4 is 0 Å². The van der Waals surface area contributed by atoms with E-state index in [1.165, 1.54) is 210 Å². The summed E-state index contributed by atoms with van der Waals surface area (Å²) in [5.41, 5.74) is 3.28. The van der Waals surface area contributed by atoms with Crippen molar-refractivity contribution in [2.24, 2.45) is 0 Å². The Kier molecular flexibility index (Phi) is 33.2. The quantitative estimate of drug-likeness (QED) is 0.0687. The first-order valence-corrected chi connectivity index (χ1v) is 24.1. The number of rotatable bonds is 38. The molecule has 0 saturated carbocycles. The number of thioether (sulfide) groups is 1. The van der Waals surface area contributed by atoms with Crippen LogP contribution in [0.4, 0.5) is 0 Å². The van der Waals surface area contributed by atoms with Gasteiger partial charge in [-0.05, 0) is 47.3 Å². The smallest absolute Gasteiger partial charge is 0.123 e. The lowest BCUT2D eigenvalue weighted by atomic mass is 9.84. The van der Waals surface area contributed by atoms with Gasteiger partial charge in [-0.2, -0.15) is 11.8 Å². The van der Waals surface area contributed by atoms with E-state index in [0.717, 1.165) is 29.9 Å². The number of aromatic hydroxyl groups is 1. The number of unbranched alkanes of at least 4 members (excludes halogenated alkanes) is 30. The molecule has 1 rings (SSSR count). The summed E-state index contributed by atoms with van der Waals surface area (Å²) in [6, 6.07) is 4.39. The highest BCUT2D eigenvalue weighted by molar-refractivity contribution is 7.98. The molecule has 300 valence electrons. The zero-order chi connectivity index (χ0) is 37.1. The summed E-state index contributed by atoms with van der Waals surface area (Å²) in [6.07, 6.45) is 45.0. The van der Waals surface area contributed by atoms with Crippen molar-refractivity contribution in [1.29, 1.82) is 0 Å². The second-order valence-corrected chi connectivity index (χ2v) is 18.2. The van der Waals surface area contributed by atoms with E-state index in [4.69, 9.17) is 4.74 Å². The first-order chi connectivity index (χ1) is 24.9. The molecule has 3 heteroatoms. The molecule has 0 unspecified atom stereocenters. The van der Waals surface area contributed by atoms with Crippen LogP contribution in [0.5, 0.6) is 5.75 Å². The molecule has 0 aliphatic carbocycles. The zero-order valence-electron chi connectivity index (χ0n) is 35.4. The molecule has 0 heterocycles. The first kappa shape index (κ1) is 48.3. The Bertz CT molecular complexity index is 875. The third kappa shape index (κ3) is 29.4. The summed E-state index contributed by atoms with van der Waals surface area (Å²) in [7, 11) is 0. The minimum absolute atomic E-state index is 0.0821. The van der Waals surface area contributed by atoms with Gasteiger partial charge in [0.2, 0.25) is 0 Å². The first-order valence-electron chi connectivity index (χ1n) is 22.9. The number of phenolic OH excluding ortho intramolecular Hbond substituents is 1. The number of phenols is 1. The summed E-state index contributed by atoms with van der Waals surface area (Å²) in [6.45, 7) is 12.7. The molecule has 0 amide bonds. The maximum Gasteiger partial charge on any atom is 0.123 e. The largest absolute Gasteiger partial charge is 0.507 e. The molecular formula is C48H90O2S. The molecule has 0 bridgehead atoms. The Labute approximate surface area is 325 Å². The van der Waals surface area contributed by atoms with Crippen LogP contribution in [0.15, 0.2) is 12.1 Å². The third-order valence-electron chi connectivity index (χ3n) is 10.9. The summed E-state index contributed by atoms with van der Waals surface area (Å²) in [5, 5.41) is 11.2. The zero-order valence-corrected chi connectivity index (χ0v) is 36.2. The summed E-state index contributed by atoms with van der Waals surface area (Å²) in [4.78, 5) is 0. The average molecular weight is 731 g/mol. The van der Waals surface area contributed by atoms with Crippen molar-refractivity contribution in [3.05, 3.63) is 28.8 Å². The van der Waals surface area contributed by atoms with Crippen LogP contribution in [-0.4, -0.2) is 17.5 Å². The van der Waals surface area contributed by atoms with E-state index < -0.39 is 0 Å². The summed E-state index contributed by atoms with van der Waals surface area (Å²) in [5.74, 6) is 2.58. The maximum absolute atomic E-state index is 11.2. The van der Waals surface area contributed by atoms with Gasteiger partial charge in [-0.15, -0.1) is 0 Å². The Hall–Kier alpha value is -0.670. The molecule has 51 heavy (non-hydrogen) atoms. The lowest BCUT2D eigenvalue weighted by molar-refractivity contribution is 0.116. The molecule has 0 atom stereocenters. The average Bonchev–Trinajstić information content (AvgIpc) is 3.11. The van der Waals surface area contributed by atoms with E-state index in [1.54, 1.807) is 0 Å². The Morgan fingerprint density at radius 1 is 0.490 bits per heavy atom. The number of benzene rings is 1. The normalized spacial score (nSPS) is 11.9. The van der Waals surface area contributed by atoms with Crippen molar-refractivity contribution in [1.82, 2.24) is 0 Å². The lowest BCUT2D eigenvalue weighted by Gasteiger charge is -2.23. The van der Waals surface area contributed by atoms with Crippen LogP contribution >= 0.6 is 11.8 Å². The van der Waals surface area contributed by atoms with E-state index in [2.05, 4.69) is 46.8 Å². The van der Waals surface area contributed by atoms with Crippen LogP contribution in [0.2, 0.25) is 0 Å². The second kappa shape index (κ2) is 35.1. The van der Waals surface area contributed by atoms with Crippen molar-refractivity contribution in [3.63, 3.8) is 0 Å². The Morgan fingerprint density at radius 2 is 0.843 bits per heavy atom. The van der Waals surface area contributed by atoms with E-state index >= 15 is 0 Å². The lowest BCUT2D eigenvalue weighted by Crippen LogP contribution is -2.13. The van der Waals surface area contributed by atoms with Gasteiger partial charge in [-0.1, -0.05) is 227 Å². The van der Waals surface area contributed by atoms with Crippen LogP contribution in [0.1, 0.15) is 257 Å². The Morgan fingerprint density at radius 3 is 1.22 bits per heavy atom. The number of hydrogen-bond acceptors (Lipinski definition) is 3. The van der Waals surface area contributed by atoms with Gasteiger partial charge in [-0.25, -0.2) is 0 Å². The molecule has 0 aromatic heterocycles. The van der Waals surface area contributed by atoms with Crippen LogP contribution in [0.3, 0.4) is 0 Å². The fraction of sp³-hybridized carbons (Fsp3) is 0.875. The van der Waals surface area contributed by atoms with Gasteiger partial charge >= 0.3 is 0 Å². The molecule has 0 saturated heterocycles. The minimum Gasteiger partial charge on any atom is -0.507 e. The fourth-order valence-electron chi connectivity index (χ4n) is 7.40. The molecular weight excluding hydrogens is 641 g/mol. The summed E-state index contributed by atoms with van der Waals surface area (Å²) >= 11 is 1.99. The monoisotopic (exact) mass is 731 g/mol. The molecule has 0 aliphatic rings. The van der Waals surface area contributed by atoms with Crippen LogP contribution in [0, 0.1) is 0 Å². The van der Waals surface area contributed by atoms with E-state index in [0.29, 0.717) is 12.4 Å². The molecule has 0 spiro atoms. The molecule has 1 aromatic rings. The van der Waals surface area contributed by atoms with Crippen LogP contribution in [0.25, 0.3) is 0 Å². The standard InChI is InChI=1S/C48H90O2S/c1-6-8-10-12-14-16-18-20-22-24-26-28-30-32-34-36-38-50-42-44-40-45(47(49)46(41-44)48(3,4)5)43-51-39-37-35-33-31-29-27-25-23-21-19-17-15-13-11-9-7-2/h40-41,49H,6-39,42-43H2,1-5H3. The molecule has 2 nitrogen and oxygen atoms in total. The van der Waals surface area contributed by atoms with E-state index in [-0.39, 0.29) is 5.41 Å². The number of hydrogen-bond donors (Lipinski definition) is 1. The van der Waals surface area contributed by atoms with Gasteiger partial charge in [0.25, 0.3) is 0 Å². The molecule has 0 aliphatic heterocycles. The van der Waals surface area contributed by atoms with E-state index in [9.17, 15) is 5.11 Å². The van der Waals surface area contributed by atoms with Crippen molar-refractivity contribution in [2.45, 2.75) is 258 Å². The van der Waals surface area contributed by atoms with Gasteiger partial charge in [0, 0.05) is 17.9 Å².